The van der Waals surface area contributed by atoms with Crippen LogP contribution in [-0.4, -0.2) is 44.7 Å². The van der Waals surface area contributed by atoms with Crippen molar-refractivity contribution in [2.45, 2.75) is 12.8 Å². The molecule has 3 rings (SSSR count). The van der Waals surface area contributed by atoms with Gasteiger partial charge in [-0.2, -0.15) is 5.26 Å². The fraction of sp³-hybridized carbons (Fsp3) is 0.318. The average Bonchev–Trinajstić information content (AvgIpc) is 2.78. The fourth-order valence-electron chi connectivity index (χ4n) is 3.14. The Kier molecular flexibility index (Phi) is 7.20. The SMILES string of the molecule is N#Cc1ccccc1NC(=O)C(=O)NCCCc1ccc(N2CCOCC2)cc1. The Hall–Kier alpha value is -3.37. The van der Waals surface area contributed by atoms with Gasteiger partial charge in [-0.15, -0.1) is 0 Å². The number of hydrogen-bond donors (Lipinski definition) is 2. The predicted octanol–water partition coefficient (Wildman–Crippen LogP) is 2.08. The van der Waals surface area contributed by atoms with Crippen molar-refractivity contribution in [3.63, 3.8) is 0 Å². The Balaban J connectivity index is 1.40. The van der Waals surface area contributed by atoms with E-state index in [1.165, 1.54) is 11.3 Å². The van der Waals surface area contributed by atoms with Crippen LogP contribution in [0, 0.1) is 11.3 Å². The molecule has 1 heterocycles. The molecule has 1 aliphatic rings. The van der Waals surface area contributed by atoms with Crippen LogP contribution in [0.1, 0.15) is 17.5 Å². The van der Waals surface area contributed by atoms with Crippen molar-refractivity contribution < 1.29 is 14.3 Å². The molecular formula is C22H24N4O3. The van der Waals surface area contributed by atoms with E-state index in [2.05, 4.69) is 39.8 Å². The zero-order valence-corrected chi connectivity index (χ0v) is 16.2. The summed E-state index contributed by atoms with van der Waals surface area (Å²) < 4.78 is 5.37. The van der Waals surface area contributed by atoms with Gasteiger partial charge in [0.1, 0.15) is 6.07 Å². The number of rotatable bonds is 6. The van der Waals surface area contributed by atoms with Crippen molar-refractivity contribution in [3.8, 4) is 6.07 Å². The minimum atomic E-state index is -0.775. The van der Waals surface area contributed by atoms with Crippen LogP contribution < -0.4 is 15.5 Å². The number of amides is 2. The zero-order chi connectivity index (χ0) is 20.5. The number of carbonyl (C=O) groups is 2. The Labute approximate surface area is 170 Å². The van der Waals surface area contributed by atoms with Gasteiger partial charge in [-0.25, -0.2) is 0 Å². The number of morpholine rings is 1. The Bertz CT molecular complexity index is 884. The van der Waals surface area contributed by atoms with Gasteiger partial charge in [0.05, 0.1) is 24.5 Å². The third-order valence-electron chi connectivity index (χ3n) is 4.74. The van der Waals surface area contributed by atoms with Crippen molar-refractivity contribution in [2.24, 2.45) is 0 Å². The fourth-order valence-corrected chi connectivity index (χ4v) is 3.14. The average molecular weight is 392 g/mol. The van der Waals surface area contributed by atoms with E-state index >= 15 is 0 Å². The molecular weight excluding hydrogens is 368 g/mol. The summed E-state index contributed by atoms with van der Waals surface area (Å²) in [5, 5.41) is 14.1. The van der Waals surface area contributed by atoms with Crippen LogP contribution in [0.15, 0.2) is 48.5 Å². The third-order valence-corrected chi connectivity index (χ3v) is 4.74. The zero-order valence-electron chi connectivity index (χ0n) is 16.2. The van der Waals surface area contributed by atoms with Crippen molar-refractivity contribution in [3.05, 3.63) is 59.7 Å². The summed E-state index contributed by atoms with van der Waals surface area (Å²) in [4.78, 5) is 26.2. The van der Waals surface area contributed by atoms with Gasteiger partial charge in [0.25, 0.3) is 0 Å². The number of nitrogens with zero attached hydrogens (tertiary/aromatic N) is 2. The Morgan fingerprint density at radius 1 is 1.03 bits per heavy atom. The molecule has 0 saturated carbocycles. The highest BCUT2D eigenvalue weighted by Gasteiger charge is 2.15. The second-order valence-corrected chi connectivity index (χ2v) is 6.74. The van der Waals surface area contributed by atoms with E-state index in [0.29, 0.717) is 17.8 Å². The third kappa shape index (κ3) is 5.80. The molecule has 7 nitrogen and oxygen atoms in total. The first kappa shape index (κ1) is 20.4. The van der Waals surface area contributed by atoms with E-state index in [9.17, 15) is 9.59 Å². The first-order valence-corrected chi connectivity index (χ1v) is 9.67. The molecule has 2 aromatic rings. The van der Waals surface area contributed by atoms with E-state index in [1.807, 2.05) is 6.07 Å². The molecule has 0 atom stereocenters. The van der Waals surface area contributed by atoms with Crippen LogP contribution in [0.5, 0.6) is 0 Å². The van der Waals surface area contributed by atoms with Crippen molar-refractivity contribution >= 4 is 23.2 Å². The summed E-state index contributed by atoms with van der Waals surface area (Å²) >= 11 is 0. The first-order chi connectivity index (χ1) is 14.2. The molecule has 150 valence electrons. The van der Waals surface area contributed by atoms with E-state index in [0.717, 1.165) is 39.1 Å². The number of anilines is 2. The molecule has 2 aromatic carbocycles. The molecule has 2 N–H and O–H groups in total. The van der Waals surface area contributed by atoms with Gasteiger partial charge in [-0.05, 0) is 42.7 Å². The van der Waals surface area contributed by atoms with Gasteiger partial charge >= 0.3 is 11.8 Å². The molecule has 0 aliphatic carbocycles. The number of aryl methyl sites for hydroxylation is 1. The molecule has 29 heavy (non-hydrogen) atoms. The maximum Gasteiger partial charge on any atom is 0.313 e. The van der Waals surface area contributed by atoms with Crippen LogP contribution in [0.25, 0.3) is 0 Å². The molecule has 2 amide bonds. The van der Waals surface area contributed by atoms with Crippen LogP contribution >= 0.6 is 0 Å². The summed E-state index contributed by atoms with van der Waals surface area (Å²) in [5.41, 5.74) is 3.02. The van der Waals surface area contributed by atoms with Gasteiger partial charge < -0.3 is 20.3 Å². The number of nitrogens with one attached hydrogen (secondary N) is 2. The lowest BCUT2D eigenvalue weighted by Crippen LogP contribution is -2.36. The molecule has 0 unspecified atom stereocenters. The number of para-hydroxylation sites is 1. The van der Waals surface area contributed by atoms with Gasteiger partial charge in [-0.3, -0.25) is 9.59 Å². The Morgan fingerprint density at radius 2 is 1.76 bits per heavy atom. The van der Waals surface area contributed by atoms with Crippen molar-refractivity contribution in [1.82, 2.24) is 5.32 Å². The summed E-state index contributed by atoms with van der Waals surface area (Å²) in [7, 11) is 0. The minimum absolute atomic E-state index is 0.314. The normalized spacial score (nSPS) is 13.4. The van der Waals surface area contributed by atoms with Gasteiger partial charge in [0.15, 0.2) is 0 Å². The van der Waals surface area contributed by atoms with Crippen LogP contribution in [-0.2, 0) is 20.7 Å². The van der Waals surface area contributed by atoms with Crippen LogP contribution in [0.2, 0.25) is 0 Å². The highest BCUT2D eigenvalue weighted by atomic mass is 16.5. The second-order valence-electron chi connectivity index (χ2n) is 6.74. The number of carbonyl (C=O) groups excluding carboxylic acids is 2. The molecule has 1 saturated heterocycles. The second kappa shape index (κ2) is 10.2. The van der Waals surface area contributed by atoms with Gasteiger partial charge in [0.2, 0.25) is 0 Å². The number of ether oxygens (including phenoxy) is 1. The summed E-state index contributed by atoms with van der Waals surface area (Å²) in [6.07, 6.45) is 1.53. The molecule has 0 aromatic heterocycles. The summed E-state index contributed by atoms with van der Waals surface area (Å²) in [5.74, 6) is -1.48. The summed E-state index contributed by atoms with van der Waals surface area (Å²) in [6, 6.07) is 16.9. The highest BCUT2D eigenvalue weighted by molar-refractivity contribution is 6.39. The van der Waals surface area contributed by atoms with Gasteiger partial charge in [-0.1, -0.05) is 24.3 Å². The molecule has 0 radical (unpaired) electrons. The van der Waals surface area contributed by atoms with Gasteiger partial charge in [0, 0.05) is 25.3 Å². The van der Waals surface area contributed by atoms with Crippen LogP contribution in [0.4, 0.5) is 11.4 Å². The lowest BCUT2D eigenvalue weighted by Gasteiger charge is -2.28. The minimum Gasteiger partial charge on any atom is -0.378 e. The lowest BCUT2D eigenvalue weighted by molar-refractivity contribution is -0.136. The largest absolute Gasteiger partial charge is 0.378 e. The first-order valence-electron chi connectivity index (χ1n) is 9.67. The molecule has 7 heteroatoms. The molecule has 0 bridgehead atoms. The van der Waals surface area contributed by atoms with E-state index < -0.39 is 11.8 Å². The van der Waals surface area contributed by atoms with Crippen LogP contribution in [0.3, 0.4) is 0 Å². The maximum atomic E-state index is 12.0. The smallest absolute Gasteiger partial charge is 0.313 e. The van der Waals surface area contributed by atoms with E-state index in [1.54, 1.807) is 24.3 Å². The van der Waals surface area contributed by atoms with Crippen molar-refractivity contribution in [1.29, 1.82) is 5.26 Å². The molecule has 0 spiro atoms. The topological polar surface area (TPSA) is 94.5 Å². The lowest BCUT2D eigenvalue weighted by atomic mass is 10.1. The van der Waals surface area contributed by atoms with Crippen molar-refractivity contribution in [2.75, 3.05) is 43.1 Å². The molecule has 1 fully saturated rings. The monoisotopic (exact) mass is 392 g/mol. The maximum absolute atomic E-state index is 12.0. The Morgan fingerprint density at radius 3 is 2.48 bits per heavy atom. The summed E-state index contributed by atoms with van der Waals surface area (Å²) in [6.45, 7) is 3.74. The molecule has 1 aliphatic heterocycles. The van der Waals surface area contributed by atoms with E-state index in [-0.39, 0.29) is 0 Å². The van der Waals surface area contributed by atoms with E-state index in [4.69, 9.17) is 10.00 Å². The standard InChI is InChI=1S/C22H24N4O3/c23-16-18-5-1-2-6-20(18)25-22(28)21(27)24-11-3-4-17-7-9-19(10-8-17)26-12-14-29-15-13-26/h1-2,5-10H,3-4,11-15H2,(H,24,27)(H,25,28). The predicted molar refractivity (Wildman–Crippen MR) is 111 cm³/mol. The quantitative estimate of drug-likeness (QED) is 0.580. The number of benzene rings is 2. The number of nitriles is 1. The number of hydrogen-bond acceptors (Lipinski definition) is 5. The highest BCUT2D eigenvalue weighted by Crippen LogP contribution is 2.17.